The highest BCUT2D eigenvalue weighted by molar-refractivity contribution is 7.33. The molecule has 1 aromatic heterocycles. The molecule has 32 valence electrons. The van der Waals surface area contributed by atoms with E-state index in [2.05, 4.69) is 5.80 Å². The summed E-state index contributed by atoms with van der Waals surface area (Å²) in [5.74, 6) is 2.06. The summed E-state index contributed by atoms with van der Waals surface area (Å²) in [6.45, 7) is 0. The molecule has 1 aromatic rings. The maximum Gasteiger partial charge on any atom is 0.0566 e. The molecule has 0 aliphatic heterocycles. The number of hydrogen-bond acceptors (Lipinski definition) is 0. The van der Waals surface area contributed by atoms with Crippen molar-refractivity contribution in [2.75, 3.05) is 0 Å². The highest BCUT2D eigenvalue weighted by Gasteiger charge is 1.76. The van der Waals surface area contributed by atoms with Crippen LogP contribution in [-0.4, -0.2) is 0 Å². The Kier molecular flexibility index (Phi) is 1.19. The van der Waals surface area contributed by atoms with Gasteiger partial charge >= 0.3 is 0 Å². The third kappa shape index (κ3) is 0.767. The van der Waals surface area contributed by atoms with Crippen molar-refractivity contribution in [2.45, 2.75) is 0 Å². The standard InChI is InChI=1S/C4H4ClP/c5-4-2-1-3-6-4/h1-3,6H. The van der Waals surface area contributed by atoms with Crippen LogP contribution in [0.2, 0.25) is 4.75 Å². The molecule has 0 bridgehead atoms. The molecular weight excluding hydrogens is 114 g/mol. The summed E-state index contributed by atoms with van der Waals surface area (Å²) in [6.07, 6.45) is 0. The van der Waals surface area contributed by atoms with E-state index in [4.69, 9.17) is 11.6 Å². The first-order valence-corrected chi connectivity index (χ1v) is 3.14. The van der Waals surface area contributed by atoms with Gasteiger partial charge in [-0.3, -0.25) is 0 Å². The van der Waals surface area contributed by atoms with Crippen LogP contribution in [0.25, 0.3) is 0 Å². The van der Waals surface area contributed by atoms with Crippen LogP contribution in [0, 0.1) is 0 Å². The van der Waals surface area contributed by atoms with E-state index in [1.54, 1.807) is 0 Å². The van der Waals surface area contributed by atoms with E-state index >= 15 is 0 Å². The summed E-state index contributed by atoms with van der Waals surface area (Å²) in [4.78, 5) is 0. The van der Waals surface area contributed by atoms with Gasteiger partial charge in [-0.1, -0.05) is 17.7 Å². The fourth-order valence-corrected chi connectivity index (χ4v) is 1.11. The van der Waals surface area contributed by atoms with Gasteiger partial charge in [-0.15, -0.1) is 8.19 Å². The minimum atomic E-state index is 0.728. The second kappa shape index (κ2) is 1.68. The Morgan fingerprint density at radius 1 is 1.67 bits per heavy atom. The zero-order chi connectivity index (χ0) is 4.41. The van der Waals surface area contributed by atoms with Gasteiger partial charge in [0.05, 0.1) is 4.75 Å². The molecule has 6 heavy (non-hydrogen) atoms. The minimum absolute atomic E-state index is 0.728. The SMILES string of the molecule is Clc1ccc[pH]1. The fourth-order valence-electron chi connectivity index (χ4n) is 0.308. The van der Waals surface area contributed by atoms with Crippen LogP contribution in [0.3, 0.4) is 0 Å². The van der Waals surface area contributed by atoms with Crippen LogP contribution in [-0.2, 0) is 0 Å². The van der Waals surface area contributed by atoms with Crippen LogP contribution in [0.5, 0.6) is 0 Å². The van der Waals surface area contributed by atoms with Crippen LogP contribution in [0.4, 0.5) is 0 Å². The number of halogens is 1. The molecule has 0 nitrogen and oxygen atoms in total. The van der Waals surface area contributed by atoms with Gasteiger partial charge in [0, 0.05) is 0 Å². The smallest absolute Gasteiger partial charge is 0.0566 e. The Morgan fingerprint density at radius 3 is 2.67 bits per heavy atom. The molecule has 1 rings (SSSR count). The molecule has 1 atom stereocenters. The first-order chi connectivity index (χ1) is 2.89. The second-order valence-corrected chi connectivity index (χ2v) is 2.90. The van der Waals surface area contributed by atoms with Crippen molar-refractivity contribution in [1.29, 1.82) is 0 Å². The maximum atomic E-state index is 5.52. The summed E-state index contributed by atoms with van der Waals surface area (Å²) < 4.78 is 0.968. The summed E-state index contributed by atoms with van der Waals surface area (Å²) >= 11 is 5.52. The Balaban J connectivity index is 3.05. The third-order valence-corrected chi connectivity index (χ3v) is 1.81. The fraction of sp³-hybridized carbons (Fsp3) is 0. The lowest BCUT2D eigenvalue weighted by molar-refractivity contribution is 2.02. The van der Waals surface area contributed by atoms with Crippen LogP contribution >= 0.6 is 19.8 Å². The lowest BCUT2D eigenvalue weighted by Crippen LogP contribution is -1.28. The van der Waals surface area contributed by atoms with Gasteiger partial charge in [-0.2, -0.15) is 0 Å². The zero-order valence-electron chi connectivity index (χ0n) is 3.11. The predicted octanol–water partition coefficient (Wildman–Crippen LogP) is 2.37. The molecule has 0 aromatic carbocycles. The molecule has 0 saturated carbocycles. The van der Waals surface area contributed by atoms with E-state index in [-0.39, 0.29) is 0 Å². The van der Waals surface area contributed by atoms with Crippen molar-refractivity contribution in [3.63, 3.8) is 0 Å². The van der Waals surface area contributed by atoms with E-state index in [9.17, 15) is 0 Å². The summed E-state index contributed by atoms with van der Waals surface area (Å²) in [5.41, 5.74) is 0. The van der Waals surface area contributed by atoms with Crippen LogP contribution in [0.15, 0.2) is 17.9 Å². The van der Waals surface area contributed by atoms with Gasteiger partial charge in [0.2, 0.25) is 0 Å². The van der Waals surface area contributed by atoms with Crippen molar-refractivity contribution in [2.24, 2.45) is 0 Å². The van der Waals surface area contributed by atoms with Crippen molar-refractivity contribution >= 4 is 19.8 Å². The van der Waals surface area contributed by atoms with Gasteiger partial charge in [0.15, 0.2) is 0 Å². The van der Waals surface area contributed by atoms with E-state index in [1.807, 2.05) is 12.1 Å². The number of hydrogen-bond donors (Lipinski definition) is 0. The average molecular weight is 119 g/mol. The first kappa shape index (κ1) is 4.23. The topological polar surface area (TPSA) is 0 Å². The molecule has 1 heterocycles. The van der Waals surface area contributed by atoms with Crippen LogP contribution < -0.4 is 0 Å². The van der Waals surface area contributed by atoms with Gasteiger partial charge < -0.3 is 0 Å². The highest BCUT2D eigenvalue weighted by Crippen LogP contribution is 2.19. The average Bonchev–Trinajstić information content (AvgIpc) is 1.86. The molecule has 0 N–H and O–H groups in total. The summed E-state index contributed by atoms with van der Waals surface area (Å²) in [5, 5.41) is 0. The van der Waals surface area contributed by atoms with Crippen LogP contribution in [0.1, 0.15) is 0 Å². The second-order valence-electron chi connectivity index (χ2n) is 1.02. The van der Waals surface area contributed by atoms with E-state index in [0.717, 1.165) is 12.9 Å². The van der Waals surface area contributed by atoms with Gasteiger partial charge in [0.1, 0.15) is 0 Å². The molecule has 0 radical (unpaired) electrons. The van der Waals surface area contributed by atoms with E-state index in [0.29, 0.717) is 0 Å². The summed E-state index contributed by atoms with van der Waals surface area (Å²) in [6, 6.07) is 3.89. The normalized spacial score (nSPS) is 10.2. The molecule has 0 aliphatic carbocycles. The molecule has 1 unspecified atom stereocenters. The van der Waals surface area contributed by atoms with Gasteiger partial charge in [-0.25, -0.2) is 0 Å². The van der Waals surface area contributed by atoms with E-state index < -0.39 is 0 Å². The quantitative estimate of drug-likeness (QED) is 0.491. The zero-order valence-corrected chi connectivity index (χ0v) is 4.87. The first-order valence-electron chi connectivity index (χ1n) is 1.68. The van der Waals surface area contributed by atoms with Gasteiger partial charge in [0.25, 0.3) is 0 Å². The lowest BCUT2D eigenvalue weighted by atomic mass is 10.7. The van der Waals surface area contributed by atoms with E-state index in [1.165, 1.54) is 0 Å². The highest BCUT2D eigenvalue weighted by atomic mass is 35.5. The monoisotopic (exact) mass is 118 g/mol. The van der Waals surface area contributed by atoms with Crippen molar-refractivity contribution < 1.29 is 0 Å². The maximum absolute atomic E-state index is 5.52. The Morgan fingerprint density at radius 2 is 2.50 bits per heavy atom. The molecular formula is C4H4ClP. The Bertz CT molecular complexity index is 111. The molecule has 0 saturated heterocycles. The lowest BCUT2D eigenvalue weighted by Gasteiger charge is -1.63. The Hall–Kier alpha value is 0.0700. The molecule has 0 amide bonds. The molecule has 0 fully saturated rings. The number of rotatable bonds is 0. The molecule has 0 aliphatic rings. The molecule has 0 spiro atoms. The largest absolute Gasteiger partial charge is 0.120 e. The third-order valence-electron chi connectivity index (χ3n) is 0.560. The van der Waals surface area contributed by atoms with Gasteiger partial charge in [-0.05, 0) is 11.9 Å². The summed E-state index contributed by atoms with van der Waals surface area (Å²) in [7, 11) is 0.728. The Labute approximate surface area is 43.2 Å². The minimum Gasteiger partial charge on any atom is -0.120 e. The molecule has 2 heteroatoms. The predicted molar refractivity (Wildman–Crippen MR) is 31.0 cm³/mol. The van der Waals surface area contributed by atoms with Crippen molar-refractivity contribution in [1.82, 2.24) is 0 Å². The van der Waals surface area contributed by atoms with Crippen molar-refractivity contribution in [3.05, 3.63) is 22.7 Å². The van der Waals surface area contributed by atoms with Crippen molar-refractivity contribution in [3.8, 4) is 0 Å².